The van der Waals surface area contributed by atoms with Crippen LogP contribution in [0.25, 0.3) is 0 Å². The number of rotatable bonds is 3. The Balaban J connectivity index is 2.32. The molecule has 4 nitrogen and oxygen atoms in total. The predicted molar refractivity (Wildman–Crippen MR) is 56.3 cm³/mol. The summed E-state index contributed by atoms with van der Waals surface area (Å²) in [6.45, 7) is 0.610. The molecule has 0 radical (unpaired) electrons. The number of imidazole rings is 1. The second-order valence-corrected chi connectivity index (χ2v) is 3.26. The number of carbonyl (C=O) groups is 1. The number of benzene rings is 1. The van der Waals surface area contributed by atoms with E-state index in [4.69, 9.17) is 5.73 Å². The molecule has 0 saturated carbocycles. The van der Waals surface area contributed by atoms with Crippen LogP contribution >= 0.6 is 0 Å². The molecular weight excluding hydrogens is 190 g/mol. The van der Waals surface area contributed by atoms with Gasteiger partial charge in [-0.05, 0) is 11.6 Å². The molecule has 2 N–H and O–H groups in total. The van der Waals surface area contributed by atoms with Crippen LogP contribution in [-0.2, 0) is 6.54 Å². The minimum atomic E-state index is -0.397. The summed E-state index contributed by atoms with van der Waals surface area (Å²) in [7, 11) is 0. The molecule has 0 aliphatic rings. The van der Waals surface area contributed by atoms with Crippen LogP contribution in [0.15, 0.2) is 43.0 Å². The van der Waals surface area contributed by atoms with E-state index < -0.39 is 5.91 Å². The predicted octanol–water partition coefficient (Wildman–Crippen LogP) is 1.03. The van der Waals surface area contributed by atoms with Crippen molar-refractivity contribution in [2.75, 3.05) is 0 Å². The molecule has 0 saturated heterocycles. The fourth-order valence-electron chi connectivity index (χ4n) is 1.48. The molecule has 2 aromatic rings. The van der Waals surface area contributed by atoms with Crippen molar-refractivity contribution in [3.05, 3.63) is 54.1 Å². The van der Waals surface area contributed by atoms with Crippen LogP contribution in [0.1, 0.15) is 15.9 Å². The van der Waals surface area contributed by atoms with E-state index in [0.717, 1.165) is 5.56 Å². The third kappa shape index (κ3) is 2.04. The Morgan fingerprint density at radius 2 is 2.20 bits per heavy atom. The number of nitrogens with two attached hydrogens (primary N) is 1. The second-order valence-electron chi connectivity index (χ2n) is 3.26. The molecule has 0 fully saturated rings. The van der Waals surface area contributed by atoms with E-state index in [9.17, 15) is 4.79 Å². The van der Waals surface area contributed by atoms with Gasteiger partial charge >= 0.3 is 0 Å². The van der Waals surface area contributed by atoms with Crippen LogP contribution in [-0.4, -0.2) is 15.5 Å². The number of amides is 1. The van der Waals surface area contributed by atoms with Crippen molar-refractivity contribution in [2.24, 2.45) is 5.73 Å². The van der Waals surface area contributed by atoms with Gasteiger partial charge in [-0.2, -0.15) is 0 Å². The zero-order valence-corrected chi connectivity index (χ0v) is 8.13. The summed E-state index contributed by atoms with van der Waals surface area (Å²) in [6, 6.07) is 7.31. The highest BCUT2D eigenvalue weighted by Gasteiger charge is 2.06. The van der Waals surface area contributed by atoms with Gasteiger partial charge in [-0.15, -0.1) is 0 Å². The van der Waals surface area contributed by atoms with E-state index in [2.05, 4.69) is 4.98 Å². The molecule has 1 amide bonds. The van der Waals surface area contributed by atoms with E-state index >= 15 is 0 Å². The second kappa shape index (κ2) is 3.96. The maximum atomic E-state index is 11.1. The first-order chi connectivity index (χ1) is 7.27. The zero-order chi connectivity index (χ0) is 10.7. The van der Waals surface area contributed by atoms with Crippen molar-refractivity contribution in [3.8, 4) is 0 Å². The normalized spacial score (nSPS) is 10.1. The molecule has 1 aromatic carbocycles. The third-order valence-corrected chi connectivity index (χ3v) is 2.19. The summed E-state index contributed by atoms with van der Waals surface area (Å²) in [5.41, 5.74) is 6.75. The smallest absolute Gasteiger partial charge is 0.249 e. The van der Waals surface area contributed by atoms with Gasteiger partial charge in [0.25, 0.3) is 0 Å². The van der Waals surface area contributed by atoms with Gasteiger partial charge in [0.2, 0.25) is 5.91 Å². The number of hydrogen-bond donors (Lipinski definition) is 1. The first-order valence-electron chi connectivity index (χ1n) is 4.61. The van der Waals surface area contributed by atoms with Gasteiger partial charge < -0.3 is 10.3 Å². The maximum absolute atomic E-state index is 11.1. The molecule has 2 rings (SSSR count). The molecule has 1 aromatic heterocycles. The molecule has 0 atom stereocenters. The fraction of sp³-hybridized carbons (Fsp3) is 0.0909. The van der Waals surface area contributed by atoms with Gasteiger partial charge in [-0.25, -0.2) is 4.98 Å². The summed E-state index contributed by atoms with van der Waals surface area (Å²) < 4.78 is 1.89. The molecule has 0 unspecified atom stereocenters. The van der Waals surface area contributed by atoms with Crippen molar-refractivity contribution in [2.45, 2.75) is 6.54 Å². The van der Waals surface area contributed by atoms with Gasteiger partial charge in [-0.3, -0.25) is 4.79 Å². The molecular formula is C11H11N3O. The highest BCUT2D eigenvalue weighted by molar-refractivity contribution is 5.94. The average Bonchev–Trinajstić information content (AvgIpc) is 2.71. The maximum Gasteiger partial charge on any atom is 0.249 e. The minimum absolute atomic E-state index is 0.397. The molecule has 15 heavy (non-hydrogen) atoms. The van der Waals surface area contributed by atoms with Gasteiger partial charge in [0.05, 0.1) is 6.33 Å². The van der Waals surface area contributed by atoms with E-state index in [1.807, 2.05) is 22.9 Å². The van der Waals surface area contributed by atoms with Crippen LogP contribution in [0.5, 0.6) is 0 Å². The Bertz CT molecular complexity index is 462. The lowest BCUT2D eigenvalue weighted by Gasteiger charge is -2.06. The van der Waals surface area contributed by atoms with Crippen molar-refractivity contribution in [1.82, 2.24) is 9.55 Å². The fourth-order valence-corrected chi connectivity index (χ4v) is 1.48. The summed E-state index contributed by atoms with van der Waals surface area (Å²) >= 11 is 0. The van der Waals surface area contributed by atoms with Crippen LogP contribution in [0.4, 0.5) is 0 Å². The summed E-state index contributed by atoms with van der Waals surface area (Å²) in [5, 5.41) is 0. The van der Waals surface area contributed by atoms with E-state index in [1.54, 1.807) is 24.7 Å². The highest BCUT2D eigenvalue weighted by Crippen LogP contribution is 2.09. The summed E-state index contributed by atoms with van der Waals surface area (Å²) in [6.07, 6.45) is 5.25. The summed E-state index contributed by atoms with van der Waals surface area (Å²) in [5.74, 6) is -0.397. The van der Waals surface area contributed by atoms with Crippen molar-refractivity contribution < 1.29 is 4.79 Å². The highest BCUT2D eigenvalue weighted by atomic mass is 16.1. The number of carbonyl (C=O) groups excluding carboxylic acids is 1. The largest absolute Gasteiger partial charge is 0.366 e. The van der Waals surface area contributed by atoms with Crippen LogP contribution in [0.2, 0.25) is 0 Å². The molecule has 4 heteroatoms. The van der Waals surface area contributed by atoms with Crippen molar-refractivity contribution in [3.63, 3.8) is 0 Å². The molecule has 0 spiro atoms. The van der Waals surface area contributed by atoms with Crippen molar-refractivity contribution >= 4 is 5.91 Å². The van der Waals surface area contributed by atoms with Gasteiger partial charge in [-0.1, -0.05) is 18.2 Å². The average molecular weight is 201 g/mol. The van der Waals surface area contributed by atoms with Gasteiger partial charge in [0, 0.05) is 24.5 Å². The molecule has 0 aliphatic heterocycles. The van der Waals surface area contributed by atoms with E-state index in [0.29, 0.717) is 12.1 Å². The SMILES string of the molecule is NC(=O)c1ccccc1Cn1ccnc1. The lowest BCUT2D eigenvalue weighted by Crippen LogP contribution is -2.14. The zero-order valence-electron chi connectivity index (χ0n) is 8.13. The Morgan fingerprint density at radius 1 is 1.40 bits per heavy atom. The molecule has 0 bridgehead atoms. The minimum Gasteiger partial charge on any atom is -0.366 e. The quantitative estimate of drug-likeness (QED) is 0.806. The van der Waals surface area contributed by atoms with Crippen LogP contribution in [0, 0.1) is 0 Å². The topological polar surface area (TPSA) is 60.9 Å². The number of aromatic nitrogens is 2. The standard InChI is InChI=1S/C11H11N3O/c12-11(15)10-4-2-1-3-9(10)7-14-6-5-13-8-14/h1-6,8H,7H2,(H2,12,15). The Morgan fingerprint density at radius 3 is 2.87 bits per heavy atom. The third-order valence-electron chi connectivity index (χ3n) is 2.19. The first kappa shape index (κ1) is 9.45. The van der Waals surface area contributed by atoms with Crippen molar-refractivity contribution in [1.29, 1.82) is 0 Å². The number of nitrogens with zero attached hydrogens (tertiary/aromatic N) is 2. The van der Waals surface area contributed by atoms with E-state index in [1.165, 1.54) is 0 Å². The first-order valence-corrected chi connectivity index (χ1v) is 4.61. The number of hydrogen-bond acceptors (Lipinski definition) is 2. The Kier molecular flexibility index (Phi) is 2.49. The lowest BCUT2D eigenvalue weighted by atomic mass is 10.1. The lowest BCUT2D eigenvalue weighted by molar-refractivity contribution is 0.0999. The molecule has 1 heterocycles. The Labute approximate surface area is 87.4 Å². The molecule has 0 aliphatic carbocycles. The molecule has 76 valence electrons. The van der Waals surface area contributed by atoms with Gasteiger partial charge in [0.1, 0.15) is 0 Å². The Hall–Kier alpha value is -2.10. The van der Waals surface area contributed by atoms with Crippen LogP contribution < -0.4 is 5.73 Å². The van der Waals surface area contributed by atoms with Crippen LogP contribution in [0.3, 0.4) is 0 Å². The monoisotopic (exact) mass is 201 g/mol. The summed E-state index contributed by atoms with van der Waals surface area (Å²) in [4.78, 5) is 15.1. The van der Waals surface area contributed by atoms with Gasteiger partial charge in [0.15, 0.2) is 0 Å². The number of primary amides is 1. The van der Waals surface area contributed by atoms with E-state index in [-0.39, 0.29) is 0 Å².